The van der Waals surface area contributed by atoms with Gasteiger partial charge in [-0.25, -0.2) is 0 Å². The molecular weight excluding hydrogens is 214 g/mol. The molecule has 0 bridgehead atoms. The molecule has 1 aliphatic heterocycles. The molecule has 0 atom stereocenters. The summed E-state index contributed by atoms with van der Waals surface area (Å²) in [6.45, 7) is 1.94. The Morgan fingerprint density at radius 2 is 1.76 bits per heavy atom. The molecule has 0 unspecified atom stereocenters. The van der Waals surface area contributed by atoms with Crippen LogP contribution >= 0.6 is 0 Å². The molecule has 0 saturated heterocycles. The number of aromatic hydroxyl groups is 2. The minimum atomic E-state index is 0.00666. The topological polar surface area (TPSA) is 43.7 Å². The number of phenols is 2. The molecule has 3 nitrogen and oxygen atoms in total. The molecule has 1 aromatic rings. The average Bonchev–Trinajstić information content (AvgIpc) is 2.70. The normalized spacial score (nSPS) is 22.9. The molecule has 3 heteroatoms. The van der Waals surface area contributed by atoms with E-state index >= 15 is 0 Å². The lowest BCUT2D eigenvalue weighted by atomic mass is 9.74. The monoisotopic (exact) mass is 233 g/mol. The maximum absolute atomic E-state index is 9.72. The van der Waals surface area contributed by atoms with Gasteiger partial charge in [-0.15, -0.1) is 0 Å². The minimum Gasteiger partial charge on any atom is -0.504 e. The van der Waals surface area contributed by atoms with Crippen LogP contribution in [0.4, 0.5) is 0 Å². The van der Waals surface area contributed by atoms with E-state index in [1.54, 1.807) is 12.1 Å². The quantitative estimate of drug-likeness (QED) is 0.676. The van der Waals surface area contributed by atoms with Crippen molar-refractivity contribution in [1.29, 1.82) is 0 Å². The van der Waals surface area contributed by atoms with Gasteiger partial charge >= 0.3 is 0 Å². The van der Waals surface area contributed by atoms with Crippen molar-refractivity contribution in [2.45, 2.75) is 37.6 Å². The lowest BCUT2D eigenvalue weighted by Gasteiger charge is -2.40. The largest absolute Gasteiger partial charge is 0.504 e. The van der Waals surface area contributed by atoms with Crippen LogP contribution in [0.15, 0.2) is 12.1 Å². The Bertz CT molecular complexity index is 450. The maximum atomic E-state index is 9.72. The van der Waals surface area contributed by atoms with Crippen LogP contribution in [0, 0.1) is 0 Å². The zero-order valence-electron chi connectivity index (χ0n) is 10.2. The van der Waals surface area contributed by atoms with Crippen molar-refractivity contribution in [3.63, 3.8) is 0 Å². The van der Waals surface area contributed by atoms with E-state index in [9.17, 15) is 10.2 Å². The van der Waals surface area contributed by atoms with E-state index in [0.29, 0.717) is 0 Å². The first kappa shape index (κ1) is 10.9. The van der Waals surface area contributed by atoms with Crippen molar-refractivity contribution in [3.8, 4) is 11.5 Å². The fourth-order valence-corrected chi connectivity index (χ4v) is 3.67. The summed E-state index contributed by atoms with van der Waals surface area (Å²) in [5.41, 5.74) is 2.66. The van der Waals surface area contributed by atoms with Crippen molar-refractivity contribution in [1.82, 2.24) is 4.90 Å². The number of hydrogen-bond donors (Lipinski definition) is 2. The van der Waals surface area contributed by atoms with Crippen molar-refractivity contribution in [3.05, 3.63) is 23.3 Å². The summed E-state index contributed by atoms with van der Waals surface area (Å²) in [7, 11) is 2.13. The average molecular weight is 233 g/mol. The number of phenolic OH excluding ortho intramolecular Hbond substituents is 2. The molecule has 2 aliphatic rings. The second-order valence-corrected chi connectivity index (χ2v) is 5.66. The molecule has 0 aromatic heterocycles. The number of nitrogens with zero attached hydrogens (tertiary/aromatic N) is 1. The first-order chi connectivity index (χ1) is 8.11. The molecular formula is C14H19NO2. The Kier molecular flexibility index (Phi) is 2.33. The van der Waals surface area contributed by atoms with Gasteiger partial charge in [-0.3, -0.25) is 0 Å². The summed E-state index contributed by atoms with van der Waals surface area (Å²) < 4.78 is 0. The van der Waals surface area contributed by atoms with E-state index < -0.39 is 0 Å². The van der Waals surface area contributed by atoms with Crippen molar-refractivity contribution >= 4 is 0 Å². The Labute approximate surface area is 102 Å². The standard InChI is InChI=1S/C14H19NO2/c1-15-8-10-6-12(16)13(17)7-11(10)14(9-15)4-2-3-5-14/h6-7,16-17H,2-5,8-9H2,1H3. The second-order valence-electron chi connectivity index (χ2n) is 5.66. The highest BCUT2D eigenvalue weighted by Gasteiger charge is 2.41. The minimum absolute atomic E-state index is 0.00666. The fraction of sp³-hybridized carbons (Fsp3) is 0.571. The molecule has 1 aliphatic carbocycles. The number of rotatable bonds is 0. The first-order valence-electron chi connectivity index (χ1n) is 6.35. The van der Waals surface area contributed by atoms with Gasteiger partial charge in [0.2, 0.25) is 0 Å². The van der Waals surface area contributed by atoms with E-state index in [2.05, 4.69) is 11.9 Å². The van der Waals surface area contributed by atoms with Gasteiger partial charge in [-0.2, -0.15) is 0 Å². The molecule has 2 N–H and O–H groups in total. The first-order valence-corrected chi connectivity index (χ1v) is 6.35. The zero-order valence-corrected chi connectivity index (χ0v) is 10.2. The molecule has 3 rings (SSSR count). The molecule has 1 saturated carbocycles. The molecule has 1 heterocycles. The van der Waals surface area contributed by atoms with Gasteiger partial charge < -0.3 is 15.1 Å². The van der Waals surface area contributed by atoms with Gasteiger partial charge in [-0.05, 0) is 43.1 Å². The van der Waals surface area contributed by atoms with E-state index in [-0.39, 0.29) is 16.9 Å². The maximum Gasteiger partial charge on any atom is 0.157 e. The van der Waals surface area contributed by atoms with Crippen LogP contribution in [-0.2, 0) is 12.0 Å². The number of benzene rings is 1. The van der Waals surface area contributed by atoms with Crippen LogP contribution in [0.1, 0.15) is 36.8 Å². The third kappa shape index (κ3) is 1.61. The predicted octanol–water partition coefficient (Wildman–Crippen LogP) is 2.36. The van der Waals surface area contributed by atoms with Crippen LogP contribution in [0.2, 0.25) is 0 Å². The van der Waals surface area contributed by atoms with Crippen molar-refractivity contribution in [2.75, 3.05) is 13.6 Å². The summed E-state index contributed by atoms with van der Waals surface area (Å²) in [5, 5.41) is 19.3. The Balaban J connectivity index is 2.15. The van der Waals surface area contributed by atoms with Gasteiger partial charge in [0.1, 0.15) is 0 Å². The van der Waals surface area contributed by atoms with Crippen LogP contribution in [0.5, 0.6) is 11.5 Å². The molecule has 17 heavy (non-hydrogen) atoms. The Hall–Kier alpha value is -1.22. The van der Waals surface area contributed by atoms with Gasteiger partial charge in [-0.1, -0.05) is 12.8 Å². The van der Waals surface area contributed by atoms with Gasteiger partial charge in [0.05, 0.1) is 0 Å². The second kappa shape index (κ2) is 3.64. The summed E-state index contributed by atoms with van der Waals surface area (Å²) in [5.74, 6) is 0.0341. The number of likely N-dealkylation sites (N-methyl/N-ethyl adjacent to an activating group) is 1. The van der Waals surface area contributed by atoms with Crippen molar-refractivity contribution in [2.24, 2.45) is 0 Å². The third-order valence-electron chi connectivity index (χ3n) is 4.35. The van der Waals surface area contributed by atoms with Crippen molar-refractivity contribution < 1.29 is 10.2 Å². The van der Waals surface area contributed by atoms with E-state index in [0.717, 1.165) is 13.1 Å². The van der Waals surface area contributed by atoms with Crippen LogP contribution in [-0.4, -0.2) is 28.7 Å². The van der Waals surface area contributed by atoms with Gasteiger partial charge in [0, 0.05) is 18.5 Å². The lowest BCUT2D eigenvalue weighted by Crippen LogP contribution is -2.42. The lowest BCUT2D eigenvalue weighted by molar-refractivity contribution is 0.211. The summed E-state index contributed by atoms with van der Waals surface area (Å²) in [6, 6.07) is 3.53. The summed E-state index contributed by atoms with van der Waals surface area (Å²) in [4.78, 5) is 2.32. The molecule has 1 fully saturated rings. The Morgan fingerprint density at radius 3 is 2.47 bits per heavy atom. The van der Waals surface area contributed by atoms with Gasteiger partial charge in [0.15, 0.2) is 11.5 Å². The summed E-state index contributed by atoms with van der Waals surface area (Å²) >= 11 is 0. The molecule has 0 amide bonds. The highest BCUT2D eigenvalue weighted by molar-refractivity contribution is 5.50. The third-order valence-corrected chi connectivity index (χ3v) is 4.35. The van der Waals surface area contributed by atoms with E-state index in [1.165, 1.54) is 36.8 Å². The van der Waals surface area contributed by atoms with Crippen LogP contribution in [0.25, 0.3) is 0 Å². The molecule has 92 valence electrons. The van der Waals surface area contributed by atoms with E-state index in [4.69, 9.17) is 0 Å². The van der Waals surface area contributed by atoms with Crippen LogP contribution < -0.4 is 0 Å². The SMILES string of the molecule is CN1Cc2cc(O)c(O)cc2C2(CCCC2)C1. The van der Waals surface area contributed by atoms with Crippen LogP contribution in [0.3, 0.4) is 0 Å². The zero-order chi connectivity index (χ0) is 12.0. The highest BCUT2D eigenvalue weighted by Crippen LogP contribution is 2.47. The van der Waals surface area contributed by atoms with E-state index in [1.807, 2.05) is 0 Å². The molecule has 1 aromatic carbocycles. The Morgan fingerprint density at radius 1 is 1.12 bits per heavy atom. The molecule has 0 radical (unpaired) electrons. The highest BCUT2D eigenvalue weighted by atomic mass is 16.3. The fourth-order valence-electron chi connectivity index (χ4n) is 3.67. The smallest absolute Gasteiger partial charge is 0.157 e. The van der Waals surface area contributed by atoms with Gasteiger partial charge in [0.25, 0.3) is 0 Å². The molecule has 1 spiro atoms. The number of fused-ring (bicyclic) bond motifs is 2. The summed E-state index contributed by atoms with van der Waals surface area (Å²) in [6.07, 6.45) is 4.95. The predicted molar refractivity (Wildman–Crippen MR) is 66.3 cm³/mol. The number of hydrogen-bond acceptors (Lipinski definition) is 3.